The van der Waals surface area contributed by atoms with E-state index in [1.807, 2.05) is 0 Å². The van der Waals surface area contributed by atoms with Crippen LogP contribution < -0.4 is 5.73 Å². The van der Waals surface area contributed by atoms with Gasteiger partial charge >= 0.3 is 5.97 Å². The standard InChI is InChI=1S/C15H15FN2O5.C9H12/c16-9-4-1-3-8(12(9)15(22)23)13(14(17)21)10(19)7-18-6-2-5-11(18)20;1-2-6-9-7-4-3-5-8-9/h1,3-4,13H,2,5-7H2,(H2,17,21)(H,22,23);3-5,7-8H,2,6H2,1H3. The minimum atomic E-state index is -1.62. The number of carboxylic acids is 1. The first-order chi connectivity index (χ1) is 15.3. The van der Waals surface area contributed by atoms with Gasteiger partial charge in [0.15, 0.2) is 5.78 Å². The molecule has 0 saturated carbocycles. The first kappa shape index (κ1) is 24.7. The third kappa shape index (κ3) is 6.47. The molecule has 170 valence electrons. The highest BCUT2D eigenvalue weighted by Crippen LogP contribution is 2.25. The van der Waals surface area contributed by atoms with Gasteiger partial charge in [-0.3, -0.25) is 14.4 Å². The highest BCUT2D eigenvalue weighted by Gasteiger charge is 2.34. The van der Waals surface area contributed by atoms with Crippen LogP contribution in [-0.2, 0) is 20.8 Å². The molecule has 2 amide bonds. The molecule has 3 rings (SSSR count). The minimum absolute atomic E-state index is 0.223. The predicted molar refractivity (Wildman–Crippen MR) is 117 cm³/mol. The quantitative estimate of drug-likeness (QED) is 0.610. The predicted octanol–water partition coefficient (Wildman–Crippen LogP) is 2.92. The topological polar surface area (TPSA) is 118 Å². The lowest BCUT2D eigenvalue weighted by Crippen LogP contribution is -2.38. The van der Waals surface area contributed by atoms with Crippen LogP contribution in [0.5, 0.6) is 0 Å². The summed E-state index contributed by atoms with van der Waals surface area (Å²) in [7, 11) is 0. The average molecular weight is 442 g/mol. The summed E-state index contributed by atoms with van der Waals surface area (Å²) < 4.78 is 13.7. The largest absolute Gasteiger partial charge is 0.478 e. The number of aromatic carboxylic acids is 1. The van der Waals surface area contributed by atoms with Crippen molar-refractivity contribution in [2.75, 3.05) is 13.1 Å². The molecular weight excluding hydrogens is 415 g/mol. The Morgan fingerprint density at radius 2 is 1.81 bits per heavy atom. The Morgan fingerprint density at radius 1 is 1.12 bits per heavy atom. The van der Waals surface area contributed by atoms with Crippen molar-refractivity contribution in [1.29, 1.82) is 0 Å². The number of rotatable bonds is 8. The number of benzene rings is 2. The van der Waals surface area contributed by atoms with Crippen LogP contribution in [0.25, 0.3) is 0 Å². The molecule has 2 aromatic carbocycles. The van der Waals surface area contributed by atoms with E-state index in [4.69, 9.17) is 10.8 Å². The number of nitrogens with zero attached hydrogens (tertiary/aromatic N) is 1. The summed E-state index contributed by atoms with van der Waals surface area (Å²) in [6.45, 7) is 2.22. The number of carbonyl (C=O) groups is 4. The Kier molecular flexibility index (Phi) is 9.07. The zero-order valence-electron chi connectivity index (χ0n) is 17.9. The summed E-state index contributed by atoms with van der Waals surface area (Å²) in [5.74, 6) is -6.33. The maximum atomic E-state index is 13.7. The van der Waals surface area contributed by atoms with Gasteiger partial charge < -0.3 is 15.7 Å². The van der Waals surface area contributed by atoms with Crippen LogP contribution >= 0.6 is 0 Å². The molecule has 0 radical (unpaired) electrons. The average Bonchev–Trinajstić information content (AvgIpc) is 3.13. The fraction of sp³-hybridized carbons (Fsp3) is 0.333. The normalized spacial score (nSPS) is 13.8. The summed E-state index contributed by atoms with van der Waals surface area (Å²) in [4.78, 5) is 48.1. The summed E-state index contributed by atoms with van der Waals surface area (Å²) in [5, 5.41) is 9.12. The monoisotopic (exact) mass is 442 g/mol. The molecule has 8 heteroatoms. The van der Waals surface area contributed by atoms with Gasteiger partial charge in [0.1, 0.15) is 11.7 Å². The minimum Gasteiger partial charge on any atom is -0.478 e. The number of carbonyl (C=O) groups excluding carboxylic acids is 3. The molecule has 2 aromatic rings. The van der Waals surface area contributed by atoms with Gasteiger partial charge in [0, 0.05) is 13.0 Å². The molecule has 0 bridgehead atoms. The number of hydrogen-bond acceptors (Lipinski definition) is 4. The SMILES string of the molecule is CCCc1ccccc1.NC(=O)C(C(=O)CN1CCCC1=O)c1cccc(F)c1C(=O)O. The molecule has 32 heavy (non-hydrogen) atoms. The number of ketones is 1. The van der Waals surface area contributed by atoms with Gasteiger partial charge in [-0.15, -0.1) is 0 Å². The molecular formula is C24H27FN2O5. The summed E-state index contributed by atoms with van der Waals surface area (Å²) in [6.07, 6.45) is 3.37. The lowest BCUT2D eigenvalue weighted by atomic mass is 9.89. The summed E-state index contributed by atoms with van der Waals surface area (Å²) >= 11 is 0. The molecule has 1 atom stereocenters. The van der Waals surface area contributed by atoms with Crippen molar-refractivity contribution in [3.8, 4) is 0 Å². The van der Waals surface area contributed by atoms with Gasteiger partial charge in [-0.1, -0.05) is 55.8 Å². The number of amides is 2. The highest BCUT2D eigenvalue weighted by atomic mass is 19.1. The zero-order chi connectivity index (χ0) is 23.7. The van der Waals surface area contributed by atoms with E-state index in [0.717, 1.165) is 6.07 Å². The van der Waals surface area contributed by atoms with Crippen LogP contribution in [0.15, 0.2) is 48.5 Å². The van der Waals surface area contributed by atoms with Crippen LogP contribution in [0.4, 0.5) is 4.39 Å². The lowest BCUT2D eigenvalue weighted by molar-refractivity contribution is -0.135. The number of carboxylic acid groups (broad SMARTS) is 1. The molecule has 0 aliphatic carbocycles. The smallest absolute Gasteiger partial charge is 0.339 e. The van der Waals surface area contributed by atoms with Gasteiger partial charge in [-0.25, -0.2) is 9.18 Å². The van der Waals surface area contributed by atoms with Gasteiger partial charge in [-0.2, -0.15) is 0 Å². The molecule has 0 spiro atoms. The first-order valence-electron chi connectivity index (χ1n) is 10.4. The van der Waals surface area contributed by atoms with Crippen molar-refractivity contribution in [2.45, 2.75) is 38.5 Å². The zero-order valence-corrected chi connectivity index (χ0v) is 17.9. The van der Waals surface area contributed by atoms with E-state index in [1.165, 1.54) is 35.4 Å². The van der Waals surface area contributed by atoms with E-state index in [1.54, 1.807) is 0 Å². The van der Waals surface area contributed by atoms with Crippen molar-refractivity contribution in [3.05, 3.63) is 71.0 Å². The molecule has 0 aromatic heterocycles. The Bertz CT molecular complexity index is 978. The molecule has 1 unspecified atom stereocenters. The van der Waals surface area contributed by atoms with Crippen LogP contribution in [0.3, 0.4) is 0 Å². The maximum absolute atomic E-state index is 13.7. The molecule has 1 aliphatic rings. The molecule has 1 aliphatic heterocycles. The Labute approximate surface area is 186 Å². The number of halogens is 1. The number of likely N-dealkylation sites (tertiary alicyclic amines) is 1. The second kappa shape index (κ2) is 11.7. The second-order valence-corrected chi connectivity index (χ2v) is 7.47. The van der Waals surface area contributed by atoms with Crippen molar-refractivity contribution in [2.24, 2.45) is 5.73 Å². The lowest BCUT2D eigenvalue weighted by Gasteiger charge is -2.20. The van der Waals surface area contributed by atoms with Crippen LogP contribution in [-0.4, -0.2) is 46.7 Å². The van der Waals surface area contributed by atoms with Crippen LogP contribution in [0, 0.1) is 5.82 Å². The van der Waals surface area contributed by atoms with E-state index in [-0.39, 0.29) is 18.0 Å². The number of hydrogen-bond donors (Lipinski definition) is 2. The Morgan fingerprint density at radius 3 is 2.34 bits per heavy atom. The molecule has 1 saturated heterocycles. The third-order valence-electron chi connectivity index (χ3n) is 5.08. The third-order valence-corrected chi connectivity index (χ3v) is 5.08. The van der Waals surface area contributed by atoms with Crippen molar-refractivity contribution in [3.63, 3.8) is 0 Å². The molecule has 1 fully saturated rings. The number of nitrogens with two attached hydrogens (primary N) is 1. The van der Waals surface area contributed by atoms with Crippen molar-refractivity contribution >= 4 is 23.6 Å². The van der Waals surface area contributed by atoms with Gasteiger partial charge in [0.2, 0.25) is 11.8 Å². The van der Waals surface area contributed by atoms with E-state index in [9.17, 15) is 23.6 Å². The number of aryl methyl sites for hydroxylation is 1. The van der Waals surface area contributed by atoms with Crippen LogP contribution in [0.1, 0.15) is 53.6 Å². The van der Waals surface area contributed by atoms with E-state index in [0.29, 0.717) is 19.4 Å². The number of Topliss-reactive ketones (excluding diaryl/α,β-unsaturated/α-hetero) is 1. The van der Waals surface area contributed by atoms with Gasteiger partial charge in [-0.05, 0) is 30.0 Å². The fourth-order valence-corrected chi connectivity index (χ4v) is 3.58. The summed E-state index contributed by atoms with van der Waals surface area (Å²) in [5.41, 5.74) is 5.59. The fourth-order valence-electron chi connectivity index (χ4n) is 3.58. The van der Waals surface area contributed by atoms with E-state index < -0.39 is 35.0 Å². The van der Waals surface area contributed by atoms with E-state index in [2.05, 4.69) is 37.3 Å². The molecule has 7 nitrogen and oxygen atoms in total. The van der Waals surface area contributed by atoms with Gasteiger partial charge in [0.05, 0.1) is 12.1 Å². The highest BCUT2D eigenvalue weighted by molar-refractivity contribution is 6.09. The van der Waals surface area contributed by atoms with E-state index >= 15 is 0 Å². The van der Waals surface area contributed by atoms with Gasteiger partial charge in [0.25, 0.3) is 0 Å². The van der Waals surface area contributed by atoms with Crippen LogP contribution in [0.2, 0.25) is 0 Å². The Balaban J connectivity index is 0.000000336. The number of primary amides is 1. The first-order valence-corrected chi connectivity index (χ1v) is 10.4. The maximum Gasteiger partial charge on any atom is 0.339 e. The Hall–Kier alpha value is -3.55. The van der Waals surface area contributed by atoms with Crippen molar-refractivity contribution < 1.29 is 28.7 Å². The van der Waals surface area contributed by atoms with Crippen molar-refractivity contribution in [1.82, 2.24) is 4.90 Å². The molecule has 3 N–H and O–H groups in total. The molecule has 1 heterocycles. The summed E-state index contributed by atoms with van der Waals surface area (Å²) in [6, 6.07) is 13.9. The second-order valence-electron chi connectivity index (χ2n) is 7.47.